The average molecular weight is 1310 g/mol. The molecule has 0 aromatic carbocycles. The summed E-state index contributed by atoms with van der Waals surface area (Å²) in [6.07, 6.45) is 71.9. The van der Waals surface area contributed by atoms with Crippen molar-refractivity contribution in [2.24, 2.45) is 0 Å². The first-order valence-corrected chi connectivity index (χ1v) is 38.0. The van der Waals surface area contributed by atoms with E-state index in [1.807, 2.05) is 6.08 Å². The molecule has 2 aliphatic heterocycles. The van der Waals surface area contributed by atoms with Crippen molar-refractivity contribution in [3.8, 4) is 0 Å². The Kier molecular flexibility index (Phi) is 57.7. The molecule has 0 aromatic heterocycles. The lowest BCUT2D eigenvalue weighted by molar-refractivity contribution is -0.359. The molecule has 14 heteroatoms. The summed E-state index contributed by atoms with van der Waals surface area (Å²) in [5, 5.41) is 87.5. The first kappa shape index (κ1) is 86.0. The van der Waals surface area contributed by atoms with Gasteiger partial charge in [0.1, 0.15) is 48.8 Å². The van der Waals surface area contributed by atoms with Gasteiger partial charge in [-0.05, 0) is 89.9 Å². The van der Waals surface area contributed by atoms with Gasteiger partial charge in [0.05, 0.1) is 32.0 Å². The van der Waals surface area contributed by atoms with Crippen LogP contribution in [0.5, 0.6) is 0 Å². The number of hydrogen-bond acceptors (Lipinski definition) is 13. The summed E-state index contributed by atoms with van der Waals surface area (Å²) in [5.41, 5.74) is 0. The van der Waals surface area contributed by atoms with Crippen LogP contribution in [0.4, 0.5) is 0 Å². The van der Waals surface area contributed by atoms with Crippen LogP contribution in [0.2, 0.25) is 0 Å². The molecule has 0 aliphatic carbocycles. The van der Waals surface area contributed by atoms with Gasteiger partial charge in [-0.1, -0.05) is 304 Å². The molecule has 0 aromatic rings. The standard InChI is InChI=1S/C79H139NO13/c1-3-5-7-9-11-13-15-17-19-21-23-25-27-29-31-32-33-34-35-36-37-39-41-43-45-47-49-51-53-55-57-59-61-63-71(84)80-67(66-90-78-76(89)74(87)77(70(65-82)92-78)93-79-75(88)73(86)72(85)69(64-81)91-79)68(83)62-60-58-56-54-52-50-48-46-44-42-40-38-30-28-26-24-22-20-18-16-14-12-10-8-6-4-2/h5,7,11,13,17,19,23,25,29,31,44,46,52,54,60,62,67-70,72-79,81-83,85-89H,3-4,6,8-10,12,14-16,18,20-22,24,26-28,30,32-43,45,47-51,53,55-59,61,63-66H2,1-2H3,(H,80,84)/b7-5-,13-11-,19-17-,25-23-,31-29-,46-44+,54-52+,62-60+. The third kappa shape index (κ3) is 45.9. The number of rotatable bonds is 62. The van der Waals surface area contributed by atoms with Crippen LogP contribution in [-0.2, 0) is 23.7 Å². The van der Waals surface area contributed by atoms with Crippen LogP contribution in [0.15, 0.2) is 97.2 Å². The average Bonchev–Trinajstić information content (AvgIpc) is 0.852. The summed E-state index contributed by atoms with van der Waals surface area (Å²) < 4.78 is 22.9. The maximum atomic E-state index is 13.4. The Labute approximate surface area is 566 Å². The van der Waals surface area contributed by atoms with Gasteiger partial charge in [0.25, 0.3) is 0 Å². The predicted octanol–water partition coefficient (Wildman–Crippen LogP) is 16.5. The lowest BCUT2D eigenvalue weighted by atomic mass is 9.97. The van der Waals surface area contributed by atoms with Gasteiger partial charge in [-0.2, -0.15) is 0 Å². The van der Waals surface area contributed by atoms with Gasteiger partial charge < -0.3 is 65.1 Å². The molecule has 2 saturated heterocycles. The Morgan fingerprint density at radius 3 is 1.18 bits per heavy atom. The molecule has 0 bridgehead atoms. The van der Waals surface area contributed by atoms with Gasteiger partial charge in [0.15, 0.2) is 12.6 Å². The third-order valence-electron chi connectivity index (χ3n) is 18.0. The molecule has 93 heavy (non-hydrogen) atoms. The van der Waals surface area contributed by atoms with Crippen LogP contribution >= 0.6 is 0 Å². The molecule has 2 aliphatic rings. The van der Waals surface area contributed by atoms with E-state index in [2.05, 4.69) is 104 Å². The van der Waals surface area contributed by atoms with Crippen LogP contribution in [0.3, 0.4) is 0 Å². The zero-order valence-corrected chi connectivity index (χ0v) is 58.7. The Balaban J connectivity index is 1.66. The number of allylic oxidation sites excluding steroid dienone is 15. The van der Waals surface area contributed by atoms with Gasteiger partial charge in [-0.15, -0.1) is 0 Å². The van der Waals surface area contributed by atoms with Gasteiger partial charge in [0.2, 0.25) is 5.91 Å². The van der Waals surface area contributed by atoms with Crippen molar-refractivity contribution >= 4 is 5.91 Å². The normalized spacial score (nSPS) is 23.1. The summed E-state index contributed by atoms with van der Waals surface area (Å²) in [4.78, 5) is 13.4. The second-order valence-corrected chi connectivity index (χ2v) is 26.4. The molecule has 1 amide bonds. The minimum absolute atomic E-state index is 0.252. The van der Waals surface area contributed by atoms with Crippen LogP contribution in [0.25, 0.3) is 0 Å². The highest BCUT2D eigenvalue weighted by Gasteiger charge is 2.51. The first-order chi connectivity index (χ1) is 45.6. The number of amides is 1. The lowest BCUT2D eigenvalue weighted by Crippen LogP contribution is -2.65. The zero-order chi connectivity index (χ0) is 67.3. The maximum absolute atomic E-state index is 13.4. The lowest BCUT2D eigenvalue weighted by Gasteiger charge is -2.46. The number of carbonyl (C=O) groups is 1. The van der Waals surface area contributed by atoms with E-state index >= 15 is 0 Å². The number of nitrogens with one attached hydrogen (secondary N) is 1. The van der Waals surface area contributed by atoms with Crippen molar-refractivity contribution in [3.63, 3.8) is 0 Å². The van der Waals surface area contributed by atoms with Crippen LogP contribution in [-0.4, -0.2) is 140 Å². The topological polar surface area (TPSA) is 228 Å². The number of aliphatic hydroxyl groups excluding tert-OH is 8. The predicted molar refractivity (Wildman–Crippen MR) is 383 cm³/mol. The van der Waals surface area contributed by atoms with Crippen LogP contribution < -0.4 is 5.32 Å². The highest BCUT2D eigenvalue weighted by atomic mass is 16.7. The number of hydrogen-bond donors (Lipinski definition) is 9. The van der Waals surface area contributed by atoms with E-state index < -0.39 is 86.8 Å². The molecule has 9 N–H and O–H groups in total. The fourth-order valence-corrected chi connectivity index (χ4v) is 12.0. The maximum Gasteiger partial charge on any atom is 0.220 e. The van der Waals surface area contributed by atoms with Crippen molar-refractivity contribution in [1.82, 2.24) is 5.32 Å². The molecule has 12 atom stereocenters. The van der Waals surface area contributed by atoms with Gasteiger partial charge >= 0.3 is 0 Å². The minimum atomic E-state index is -1.80. The smallest absolute Gasteiger partial charge is 0.220 e. The van der Waals surface area contributed by atoms with Crippen molar-refractivity contribution in [1.29, 1.82) is 0 Å². The molecule has 14 nitrogen and oxygen atoms in total. The second kappa shape index (κ2) is 62.4. The highest BCUT2D eigenvalue weighted by Crippen LogP contribution is 2.30. The molecule has 538 valence electrons. The Morgan fingerprint density at radius 2 is 0.753 bits per heavy atom. The van der Waals surface area contributed by atoms with E-state index in [1.54, 1.807) is 6.08 Å². The van der Waals surface area contributed by atoms with Gasteiger partial charge in [0, 0.05) is 6.42 Å². The highest BCUT2D eigenvalue weighted by molar-refractivity contribution is 5.76. The molecule has 2 fully saturated rings. The monoisotopic (exact) mass is 1310 g/mol. The molecule has 0 saturated carbocycles. The SMILES string of the molecule is CC/C=C\C/C=C\C/C=C\C/C=C\C/C=C\CCCCCCCCCCCCCCCCCCCC(=O)NC(COC1OC(CO)C(OC2OC(CO)C(O)C(O)C2O)C(O)C1O)C(O)/C=C/CC/C=C/CC/C=C/CCCCCCCCCCCCCCCCCC. The third-order valence-corrected chi connectivity index (χ3v) is 18.0. The van der Waals surface area contributed by atoms with Crippen molar-refractivity contribution in [3.05, 3.63) is 97.2 Å². The molecule has 12 unspecified atom stereocenters. The van der Waals surface area contributed by atoms with Crippen molar-refractivity contribution in [2.75, 3.05) is 19.8 Å². The Morgan fingerprint density at radius 1 is 0.398 bits per heavy atom. The summed E-state index contributed by atoms with van der Waals surface area (Å²) >= 11 is 0. The number of carbonyl (C=O) groups excluding carboxylic acids is 1. The van der Waals surface area contributed by atoms with E-state index in [9.17, 15) is 45.6 Å². The molecule has 0 spiro atoms. The largest absolute Gasteiger partial charge is 0.394 e. The zero-order valence-electron chi connectivity index (χ0n) is 58.7. The molecule has 2 rings (SSSR count). The van der Waals surface area contributed by atoms with Crippen LogP contribution in [0, 0.1) is 0 Å². The van der Waals surface area contributed by atoms with Gasteiger partial charge in [-0.25, -0.2) is 0 Å². The van der Waals surface area contributed by atoms with E-state index in [1.165, 1.54) is 193 Å². The molecular weight excluding hydrogens is 1170 g/mol. The van der Waals surface area contributed by atoms with Crippen molar-refractivity contribution < 1.29 is 64.6 Å². The van der Waals surface area contributed by atoms with E-state index in [-0.39, 0.29) is 18.9 Å². The van der Waals surface area contributed by atoms with Gasteiger partial charge in [-0.3, -0.25) is 4.79 Å². The quantitative estimate of drug-likeness (QED) is 0.0204. The second-order valence-electron chi connectivity index (χ2n) is 26.4. The van der Waals surface area contributed by atoms with E-state index in [0.717, 1.165) is 77.0 Å². The Bertz CT molecular complexity index is 1930. The number of ether oxygens (including phenoxy) is 4. The number of unbranched alkanes of at least 4 members (excludes halogenated alkanes) is 35. The summed E-state index contributed by atoms with van der Waals surface area (Å²) in [5.74, 6) is -0.252. The van der Waals surface area contributed by atoms with E-state index in [4.69, 9.17) is 18.9 Å². The fraction of sp³-hybridized carbons (Fsp3) is 0.785. The van der Waals surface area contributed by atoms with E-state index in [0.29, 0.717) is 12.8 Å². The van der Waals surface area contributed by atoms with Crippen molar-refractivity contribution in [2.45, 2.75) is 376 Å². The molecule has 0 radical (unpaired) electrons. The molecule has 2 heterocycles. The van der Waals surface area contributed by atoms with Crippen LogP contribution in [0.1, 0.15) is 303 Å². The fourth-order valence-electron chi connectivity index (χ4n) is 12.0. The summed E-state index contributed by atoms with van der Waals surface area (Å²) in [6, 6.07) is -0.944. The Hall–Kier alpha value is -3.09. The summed E-state index contributed by atoms with van der Waals surface area (Å²) in [7, 11) is 0. The molecular formula is C79H139NO13. The summed E-state index contributed by atoms with van der Waals surface area (Å²) in [6.45, 7) is 2.69. The minimum Gasteiger partial charge on any atom is -0.394 e. The first-order valence-electron chi connectivity index (χ1n) is 38.0. The number of aliphatic hydroxyl groups is 8.